The molecule has 5 N–H and O–H groups in total. The van der Waals surface area contributed by atoms with Gasteiger partial charge in [0.05, 0.1) is 37.6 Å². The number of rotatable bonds is 13. The zero-order chi connectivity index (χ0) is 49.6. The Bertz CT molecular complexity index is 1790. The first-order chi connectivity index (χ1) is 31.0. The first kappa shape index (κ1) is 55.7. The van der Waals surface area contributed by atoms with Gasteiger partial charge in [-0.05, 0) is 87.9 Å². The predicted octanol–water partition coefficient (Wildman–Crippen LogP) is 3.18. The lowest BCUT2D eigenvalue weighted by molar-refractivity contribution is -0.162. The fraction of sp³-hybridized carbons (Fsp3) is 0.735. The van der Waals surface area contributed by atoms with Gasteiger partial charge in [0.15, 0.2) is 11.9 Å². The Morgan fingerprint density at radius 3 is 2.17 bits per heavy atom. The fourth-order valence-electron chi connectivity index (χ4n) is 8.64. The Morgan fingerprint density at radius 1 is 0.955 bits per heavy atom. The van der Waals surface area contributed by atoms with Crippen molar-refractivity contribution in [3.8, 4) is 5.75 Å². The summed E-state index contributed by atoms with van der Waals surface area (Å²) < 4.78 is 17.3. The highest BCUT2D eigenvalue weighted by Crippen LogP contribution is 2.26. The molecule has 0 unspecified atom stereocenters. The molecule has 4 amide bonds. The largest absolute Gasteiger partial charge is 0.497 e. The molecule has 66 heavy (non-hydrogen) atoms. The van der Waals surface area contributed by atoms with Gasteiger partial charge in [-0.2, -0.15) is 0 Å². The van der Waals surface area contributed by atoms with E-state index in [0.717, 1.165) is 0 Å². The van der Waals surface area contributed by atoms with Crippen molar-refractivity contribution in [3.63, 3.8) is 0 Å². The number of hydrogen-bond donors (Lipinski definition) is 5. The molecule has 2 aliphatic rings. The van der Waals surface area contributed by atoms with E-state index in [0.29, 0.717) is 37.0 Å². The number of ether oxygens (including phenoxy) is 3. The van der Waals surface area contributed by atoms with Gasteiger partial charge in [0, 0.05) is 32.6 Å². The Morgan fingerprint density at radius 2 is 1.61 bits per heavy atom. The van der Waals surface area contributed by atoms with Gasteiger partial charge in [-0.3, -0.25) is 28.8 Å². The number of aliphatic hydroxyl groups excluding tert-OH is 1. The molecule has 0 saturated carbocycles. The molecule has 372 valence electrons. The number of carbonyl (C=O) groups is 7. The van der Waals surface area contributed by atoms with Crippen molar-refractivity contribution in [1.82, 2.24) is 31.1 Å². The highest BCUT2D eigenvalue weighted by molar-refractivity contribution is 6.05. The number of likely N-dealkylation sites (N-methyl/N-ethyl adjacent to an activating group) is 2. The lowest BCUT2D eigenvalue weighted by Gasteiger charge is -2.36. The number of esters is 2. The highest BCUT2D eigenvalue weighted by Gasteiger charge is 2.43. The number of aliphatic hydroxyl groups is 1. The number of Topliss-reactive ketones (excluding diaryl/α,β-unsaturated/α-hetero) is 1. The molecular formula is C49H80N6O11. The van der Waals surface area contributed by atoms with E-state index in [2.05, 4.69) is 21.3 Å². The van der Waals surface area contributed by atoms with Crippen LogP contribution in [0, 0.1) is 29.6 Å². The van der Waals surface area contributed by atoms with E-state index in [1.807, 2.05) is 41.5 Å². The Balaban J connectivity index is 2.19. The van der Waals surface area contributed by atoms with Crippen molar-refractivity contribution in [1.29, 1.82) is 0 Å². The molecule has 0 aliphatic carbocycles. The maximum absolute atomic E-state index is 14.7. The van der Waals surface area contributed by atoms with Gasteiger partial charge in [0.25, 0.3) is 0 Å². The Hall–Kier alpha value is -4.61. The van der Waals surface area contributed by atoms with Gasteiger partial charge in [0.1, 0.15) is 30.0 Å². The minimum atomic E-state index is -1.33. The third-order valence-corrected chi connectivity index (χ3v) is 13.0. The number of methoxy groups -OCH3 is 1. The number of fused-ring (bicyclic) bond motifs is 1. The van der Waals surface area contributed by atoms with Crippen LogP contribution in [0.5, 0.6) is 5.75 Å². The molecule has 0 spiro atoms. The standard InChI is InChI=1S/C49H80N6O11/c1-14-30(8)42-40(56)25-41(57)66-44(29(6)7)43(58)31(9)45(59)52-36(23-28(4)5)47(61)55-21-15-16-38(55)48(62)54(12)39(24-33-17-19-34(64-13)20-18-33)49(63)65-32(10)37(26-51-42)53-46(60)35(50-11)22-27(2)3/h17-20,27-32,35-40,42,44,50-51,56H,14-16,21-26H2,1-13H3,(H,52,59)(H,53,60)/t30-,31-,32+,35+,36-,37+,38-,39-,40-,42+,44-/m0/s1. The molecule has 0 aromatic heterocycles. The van der Waals surface area contributed by atoms with Gasteiger partial charge in [-0.15, -0.1) is 0 Å². The second kappa shape index (κ2) is 26.1. The molecule has 17 heteroatoms. The number of cyclic esters (lactones) is 2. The summed E-state index contributed by atoms with van der Waals surface area (Å²) in [6.07, 6.45) is -1.97. The van der Waals surface area contributed by atoms with Crippen LogP contribution < -0.4 is 26.0 Å². The normalized spacial score (nSPS) is 28.2. The van der Waals surface area contributed by atoms with E-state index >= 15 is 0 Å². The fourth-order valence-corrected chi connectivity index (χ4v) is 8.64. The van der Waals surface area contributed by atoms with Crippen molar-refractivity contribution in [2.24, 2.45) is 29.6 Å². The van der Waals surface area contributed by atoms with Crippen molar-refractivity contribution >= 4 is 41.4 Å². The zero-order valence-electron chi connectivity index (χ0n) is 41.7. The van der Waals surface area contributed by atoms with Gasteiger partial charge >= 0.3 is 11.9 Å². The molecular weight excluding hydrogens is 849 g/mol. The first-order valence-corrected chi connectivity index (χ1v) is 23.9. The van der Waals surface area contributed by atoms with E-state index in [1.165, 1.54) is 23.8 Å². The summed E-state index contributed by atoms with van der Waals surface area (Å²) >= 11 is 0. The number of carbonyl (C=O) groups excluding carboxylic acids is 7. The van der Waals surface area contributed by atoms with Crippen LogP contribution in [0.15, 0.2) is 24.3 Å². The second-order valence-electron chi connectivity index (χ2n) is 19.5. The number of amides is 4. The quantitative estimate of drug-likeness (QED) is 0.142. The van der Waals surface area contributed by atoms with Crippen LogP contribution >= 0.6 is 0 Å². The lowest BCUT2D eigenvalue weighted by atomic mass is 9.91. The Labute approximate surface area is 392 Å². The van der Waals surface area contributed by atoms with E-state index in [4.69, 9.17) is 14.2 Å². The molecule has 11 atom stereocenters. The van der Waals surface area contributed by atoms with Crippen molar-refractivity contribution in [3.05, 3.63) is 29.8 Å². The molecule has 0 bridgehead atoms. The third kappa shape index (κ3) is 15.5. The zero-order valence-corrected chi connectivity index (χ0v) is 41.7. The number of nitrogens with zero attached hydrogens (tertiary/aromatic N) is 2. The molecule has 0 radical (unpaired) electrons. The maximum Gasteiger partial charge on any atom is 0.329 e. The molecule has 3 rings (SSSR count). The SMILES string of the molecule is CC[C@H](C)[C@H]1NC[C@@H](NC(=O)[C@@H](CC(C)C)NC)[C@@H](C)OC(=O)[C@H](Cc2ccc(OC)cc2)N(C)C(=O)[C@@H]2CCCN2C(=O)[C@H](CC(C)C)NC(=O)[C@@H](C)C(=O)[C@H](C(C)C)OC(=O)C[C@@H]1O. The summed E-state index contributed by atoms with van der Waals surface area (Å²) in [5, 5.41) is 23.9. The maximum atomic E-state index is 14.7. The van der Waals surface area contributed by atoms with E-state index in [1.54, 1.807) is 59.2 Å². The summed E-state index contributed by atoms with van der Waals surface area (Å²) in [7, 11) is 4.73. The molecule has 1 aromatic rings. The number of ketones is 1. The lowest BCUT2D eigenvalue weighted by Crippen LogP contribution is -2.58. The minimum Gasteiger partial charge on any atom is -0.497 e. The van der Waals surface area contributed by atoms with Crippen molar-refractivity contribution in [2.45, 2.75) is 169 Å². The first-order valence-electron chi connectivity index (χ1n) is 23.9. The predicted molar refractivity (Wildman–Crippen MR) is 250 cm³/mol. The topological polar surface area (TPSA) is 222 Å². The molecule has 2 aliphatic heterocycles. The summed E-state index contributed by atoms with van der Waals surface area (Å²) in [4.78, 5) is 102. The van der Waals surface area contributed by atoms with Gasteiger partial charge in [-0.1, -0.05) is 73.9 Å². The summed E-state index contributed by atoms with van der Waals surface area (Å²) in [5.74, 6) is -5.69. The number of benzene rings is 1. The molecule has 1 aromatic carbocycles. The van der Waals surface area contributed by atoms with Crippen LogP contribution in [0.4, 0.5) is 0 Å². The number of hydrogen-bond acceptors (Lipinski definition) is 13. The Kier molecular flexibility index (Phi) is 22.0. The van der Waals surface area contributed by atoms with Crippen molar-refractivity contribution < 1.29 is 52.9 Å². The summed E-state index contributed by atoms with van der Waals surface area (Å²) in [5.41, 5.74) is 0.700. The van der Waals surface area contributed by atoms with Gasteiger partial charge in [0.2, 0.25) is 23.6 Å². The van der Waals surface area contributed by atoms with Crippen LogP contribution in [-0.4, -0.2) is 145 Å². The average Bonchev–Trinajstić information content (AvgIpc) is 3.76. The van der Waals surface area contributed by atoms with Crippen molar-refractivity contribution in [2.75, 3.05) is 34.3 Å². The van der Waals surface area contributed by atoms with E-state index in [-0.39, 0.29) is 49.6 Å². The van der Waals surface area contributed by atoms with Crippen LogP contribution in [0.25, 0.3) is 0 Å². The van der Waals surface area contributed by atoms with Crippen LogP contribution in [0.1, 0.15) is 113 Å². The smallest absolute Gasteiger partial charge is 0.329 e. The van der Waals surface area contributed by atoms with Gasteiger partial charge < -0.3 is 50.4 Å². The van der Waals surface area contributed by atoms with Gasteiger partial charge in [-0.25, -0.2) is 4.79 Å². The van der Waals surface area contributed by atoms with Crippen LogP contribution in [-0.2, 0) is 49.5 Å². The molecule has 17 nitrogen and oxygen atoms in total. The van der Waals surface area contributed by atoms with Crippen LogP contribution in [0.2, 0.25) is 0 Å². The third-order valence-electron chi connectivity index (χ3n) is 13.0. The molecule has 2 heterocycles. The summed E-state index contributed by atoms with van der Waals surface area (Å²) in [6, 6.07) is 1.64. The minimum absolute atomic E-state index is 0.00620. The molecule has 2 saturated heterocycles. The average molecular weight is 929 g/mol. The number of nitrogens with one attached hydrogen (secondary N) is 4. The monoisotopic (exact) mass is 929 g/mol. The summed E-state index contributed by atoms with van der Waals surface area (Å²) in [6.45, 7) is 18.2. The van der Waals surface area contributed by atoms with E-state index < -0.39 is 108 Å². The van der Waals surface area contributed by atoms with Crippen LogP contribution in [0.3, 0.4) is 0 Å². The highest BCUT2D eigenvalue weighted by atomic mass is 16.6. The molecule has 2 fully saturated rings. The van der Waals surface area contributed by atoms with E-state index in [9.17, 15) is 38.7 Å². The second-order valence-corrected chi connectivity index (χ2v) is 19.5.